The molecule has 0 heterocycles. The molecule has 0 bridgehead atoms. The van der Waals surface area contributed by atoms with Crippen molar-refractivity contribution in [3.05, 3.63) is 11.1 Å². The van der Waals surface area contributed by atoms with Gasteiger partial charge < -0.3 is 10.2 Å². The first-order valence-corrected chi connectivity index (χ1v) is 6.51. The molecule has 0 radical (unpaired) electrons. The first-order valence-electron chi connectivity index (χ1n) is 6.51. The third-order valence-corrected chi connectivity index (χ3v) is 3.38. The lowest BCUT2D eigenvalue weighted by atomic mass is 9.90. The van der Waals surface area contributed by atoms with Gasteiger partial charge in [0.2, 0.25) is 0 Å². The van der Waals surface area contributed by atoms with Crippen molar-refractivity contribution in [2.24, 2.45) is 11.8 Å². The number of carboxylic acid groups (broad SMARTS) is 2. The Hall–Kier alpha value is -1.32. The van der Waals surface area contributed by atoms with Crippen molar-refractivity contribution in [2.45, 2.75) is 53.4 Å². The molecule has 0 saturated carbocycles. The van der Waals surface area contributed by atoms with Gasteiger partial charge in [-0.15, -0.1) is 0 Å². The van der Waals surface area contributed by atoms with Crippen molar-refractivity contribution < 1.29 is 19.8 Å². The molecule has 0 aliphatic rings. The Bertz CT molecular complexity index is 299. The molecule has 0 saturated heterocycles. The minimum absolute atomic E-state index is 0.0668. The largest absolute Gasteiger partial charge is 0.478 e. The van der Waals surface area contributed by atoms with Gasteiger partial charge in [-0.05, 0) is 24.7 Å². The van der Waals surface area contributed by atoms with Crippen molar-refractivity contribution in [2.75, 3.05) is 0 Å². The van der Waals surface area contributed by atoms with Gasteiger partial charge in [-0.2, -0.15) is 0 Å². The van der Waals surface area contributed by atoms with Crippen LogP contribution in [0.4, 0.5) is 0 Å². The Morgan fingerprint density at radius 3 is 1.28 bits per heavy atom. The maximum atomic E-state index is 11.2. The molecule has 0 spiro atoms. The minimum atomic E-state index is -1.10. The minimum Gasteiger partial charge on any atom is -0.478 e. The fourth-order valence-electron chi connectivity index (χ4n) is 1.66. The Morgan fingerprint density at radius 1 is 0.833 bits per heavy atom. The van der Waals surface area contributed by atoms with Crippen molar-refractivity contribution in [3.8, 4) is 0 Å². The standard InChI is InChI=1S/C14H24O4/c1-5-9(3)7-11(13(15)16)12(14(17)18)8-10(4)6-2/h9-10H,5-8H2,1-4H3,(H,15,16)(H,17,18)/b12-11+. The highest BCUT2D eigenvalue weighted by Gasteiger charge is 2.22. The summed E-state index contributed by atoms with van der Waals surface area (Å²) in [5.74, 6) is -1.84. The molecular formula is C14H24O4. The Balaban J connectivity index is 5.29. The highest BCUT2D eigenvalue weighted by atomic mass is 16.4. The zero-order chi connectivity index (χ0) is 14.3. The molecule has 2 unspecified atom stereocenters. The van der Waals surface area contributed by atoms with E-state index in [-0.39, 0.29) is 23.0 Å². The lowest BCUT2D eigenvalue weighted by Crippen LogP contribution is -2.15. The average Bonchev–Trinajstić information content (AvgIpc) is 2.31. The summed E-state index contributed by atoms with van der Waals surface area (Å²) in [6.45, 7) is 7.82. The summed E-state index contributed by atoms with van der Waals surface area (Å²) in [6, 6.07) is 0. The number of carboxylic acids is 2. The summed E-state index contributed by atoms with van der Waals surface area (Å²) in [4.78, 5) is 22.5. The van der Waals surface area contributed by atoms with Crippen LogP contribution in [0.5, 0.6) is 0 Å². The van der Waals surface area contributed by atoms with E-state index in [1.807, 2.05) is 27.7 Å². The second kappa shape index (κ2) is 7.90. The Kier molecular flexibility index (Phi) is 7.32. The topological polar surface area (TPSA) is 74.6 Å². The molecule has 0 aliphatic heterocycles. The van der Waals surface area contributed by atoms with E-state index in [1.54, 1.807) is 0 Å². The average molecular weight is 256 g/mol. The molecule has 0 aromatic rings. The van der Waals surface area contributed by atoms with E-state index in [0.29, 0.717) is 12.8 Å². The molecule has 0 rings (SSSR count). The number of rotatable bonds is 8. The number of carbonyl (C=O) groups is 2. The first kappa shape index (κ1) is 16.7. The Labute approximate surface area is 109 Å². The fourth-order valence-corrected chi connectivity index (χ4v) is 1.66. The van der Waals surface area contributed by atoms with Gasteiger partial charge in [0.05, 0.1) is 0 Å². The molecule has 4 nitrogen and oxygen atoms in total. The monoisotopic (exact) mass is 256 g/mol. The smallest absolute Gasteiger partial charge is 0.332 e. The van der Waals surface area contributed by atoms with Crippen LogP contribution in [0.25, 0.3) is 0 Å². The van der Waals surface area contributed by atoms with E-state index < -0.39 is 11.9 Å². The molecule has 0 aromatic heterocycles. The van der Waals surface area contributed by atoms with E-state index in [1.165, 1.54) is 0 Å². The van der Waals surface area contributed by atoms with Crippen LogP contribution < -0.4 is 0 Å². The zero-order valence-corrected chi connectivity index (χ0v) is 11.7. The molecule has 4 heteroatoms. The normalized spacial score (nSPS) is 15.8. The summed E-state index contributed by atoms with van der Waals surface area (Å²) < 4.78 is 0. The quantitative estimate of drug-likeness (QED) is 0.653. The molecule has 2 N–H and O–H groups in total. The Morgan fingerprint density at radius 2 is 1.11 bits per heavy atom. The van der Waals surface area contributed by atoms with Crippen LogP contribution in [-0.4, -0.2) is 22.2 Å². The SMILES string of the molecule is CCC(C)C/C(C(=O)O)=C(/CC(C)CC)C(=O)O. The molecule has 2 atom stereocenters. The number of hydrogen-bond acceptors (Lipinski definition) is 2. The second-order valence-electron chi connectivity index (χ2n) is 5.00. The fraction of sp³-hybridized carbons (Fsp3) is 0.714. The van der Waals surface area contributed by atoms with Crippen molar-refractivity contribution in [1.29, 1.82) is 0 Å². The van der Waals surface area contributed by atoms with Gasteiger partial charge >= 0.3 is 11.9 Å². The third kappa shape index (κ3) is 5.34. The van der Waals surface area contributed by atoms with Gasteiger partial charge in [-0.25, -0.2) is 9.59 Å². The van der Waals surface area contributed by atoms with Gasteiger partial charge in [-0.3, -0.25) is 0 Å². The van der Waals surface area contributed by atoms with Crippen LogP contribution in [-0.2, 0) is 9.59 Å². The van der Waals surface area contributed by atoms with Gasteiger partial charge in [0.15, 0.2) is 0 Å². The zero-order valence-electron chi connectivity index (χ0n) is 11.7. The highest BCUT2D eigenvalue weighted by molar-refractivity contribution is 5.98. The van der Waals surface area contributed by atoms with Crippen molar-refractivity contribution in [1.82, 2.24) is 0 Å². The van der Waals surface area contributed by atoms with Crippen LogP contribution in [0.15, 0.2) is 11.1 Å². The molecule has 0 aliphatic carbocycles. The summed E-state index contributed by atoms with van der Waals surface area (Å²) in [5.41, 5.74) is 0.134. The molecular weight excluding hydrogens is 232 g/mol. The van der Waals surface area contributed by atoms with E-state index in [0.717, 1.165) is 12.8 Å². The van der Waals surface area contributed by atoms with Gasteiger partial charge in [0.25, 0.3) is 0 Å². The predicted octanol–water partition coefficient (Wildman–Crippen LogP) is 3.32. The van der Waals surface area contributed by atoms with Crippen LogP contribution in [0, 0.1) is 11.8 Å². The van der Waals surface area contributed by atoms with Crippen LogP contribution in [0.3, 0.4) is 0 Å². The lowest BCUT2D eigenvalue weighted by molar-refractivity contribution is -0.136. The summed E-state index contributed by atoms with van der Waals surface area (Å²) in [5, 5.41) is 18.4. The van der Waals surface area contributed by atoms with Crippen LogP contribution in [0.2, 0.25) is 0 Å². The van der Waals surface area contributed by atoms with Gasteiger partial charge in [-0.1, -0.05) is 40.5 Å². The van der Waals surface area contributed by atoms with Crippen LogP contribution >= 0.6 is 0 Å². The second-order valence-corrected chi connectivity index (χ2v) is 5.00. The summed E-state index contributed by atoms with van der Waals surface area (Å²) >= 11 is 0. The molecule has 0 amide bonds. The molecule has 104 valence electrons. The van der Waals surface area contributed by atoms with Crippen LogP contribution in [0.1, 0.15) is 53.4 Å². The lowest BCUT2D eigenvalue weighted by Gasteiger charge is -2.15. The number of hydrogen-bond donors (Lipinski definition) is 2. The van der Waals surface area contributed by atoms with Gasteiger partial charge in [0.1, 0.15) is 0 Å². The summed E-state index contributed by atoms with van der Waals surface area (Å²) in [7, 11) is 0. The molecule has 18 heavy (non-hydrogen) atoms. The van der Waals surface area contributed by atoms with E-state index in [2.05, 4.69) is 0 Å². The maximum absolute atomic E-state index is 11.2. The van der Waals surface area contributed by atoms with Crippen molar-refractivity contribution >= 4 is 11.9 Å². The summed E-state index contributed by atoms with van der Waals surface area (Å²) in [6.07, 6.45) is 2.33. The van der Waals surface area contributed by atoms with E-state index >= 15 is 0 Å². The number of aliphatic carboxylic acids is 2. The first-order chi connectivity index (χ1) is 8.33. The molecule has 0 fully saturated rings. The third-order valence-electron chi connectivity index (χ3n) is 3.38. The van der Waals surface area contributed by atoms with Crippen molar-refractivity contribution in [3.63, 3.8) is 0 Å². The highest BCUT2D eigenvalue weighted by Crippen LogP contribution is 2.24. The van der Waals surface area contributed by atoms with Gasteiger partial charge in [0, 0.05) is 11.1 Å². The molecule has 0 aromatic carbocycles. The maximum Gasteiger partial charge on any atom is 0.332 e. The van der Waals surface area contributed by atoms with E-state index in [9.17, 15) is 19.8 Å². The predicted molar refractivity (Wildman–Crippen MR) is 70.4 cm³/mol. The van der Waals surface area contributed by atoms with E-state index in [4.69, 9.17) is 0 Å².